The van der Waals surface area contributed by atoms with Gasteiger partial charge >= 0.3 is 5.97 Å². The molecule has 0 aromatic carbocycles. The lowest BCUT2D eigenvalue weighted by Gasteiger charge is -2.39. The van der Waals surface area contributed by atoms with Gasteiger partial charge in [0.15, 0.2) is 5.82 Å². The van der Waals surface area contributed by atoms with Crippen molar-refractivity contribution in [2.45, 2.75) is 39.2 Å². The lowest BCUT2D eigenvalue weighted by atomic mass is 9.87. The Balaban J connectivity index is 2.23. The zero-order chi connectivity index (χ0) is 12.4. The van der Waals surface area contributed by atoms with Gasteiger partial charge in [-0.1, -0.05) is 6.92 Å². The van der Waals surface area contributed by atoms with Crippen LogP contribution in [0.25, 0.3) is 0 Å². The number of piperidine rings is 1. The third-order valence-electron chi connectivity index (χ3n) is 3.50. The van der Waals surface area contributed by atoms with E-state index in [1.54, 1.807) is 0 Å². The maximum atomic E-state index is 11.3. The Bertz CT molecular complexity index is 402. The molecule has 1 aliphatic heterocycles. The first-order valence-electron chi connectivity index (χ1n) is 6.15. The van der Waals surface area contributed by atoms with Crippen molar-refractivity contribution in [3.63, 3.8) is 0 Å². The van der Waals surface area contributed by atoms with Crippen LogP contribution in [-0.4, -0.2) is 33.9 Å². The molecular weight excluding hydrogens is 218 g/mol. The highest BCUT2D eigenvalue weighted by Gasteiger charge is 2.35. The molecule has 1 aromatic heterocycles. The summed E-state index contributed by atoms with van der Waals surface area (Å²) in [4.78, 5) is 13.4. The summed E-state index contributed by atoms with van der Waals surface area (Å²) < 4.78 is 0. The van der Waals surface area contributed by atoms with Gasteiger partial charge in [-0.25, -0.2) is 0 Å². The molecule has 0 radical (unpaired) electrons. The minimum atomic E-state index is -0.686. The van der Waals surface area contributed by atoms with Crippen molar-refractivity contribution in [2.24, 2.45) is 5.92 Å². The van der Waals surface area contributed by atoms with Crippen molar-refractivity contribution >= 4 is 11.8 Å². The molecule has 2 N–H and O–H groups in total. The molecule has 0 bridgehead atoms. The summed E-state index contributed by atoms with van der Waals surface area (Å²) in [5.74, 6) is -0.0835. The highest BCUT2D eigenvalue weighted by atomic mass is 16.4. The average molecular weight is 237 g/mol. The van der Waals surface area contributed by atoms with Gasteiger partial charge in [0.25, 0.3) is 0 Å². The normalized spacial score (nSPS) is 24.9. The fraction of sp³-hybridized carbons (Fsp3) is 0.667. The number of nitrogens with zero attached hydrogens (tertiary/aromatic N) is 2. The number of hydrogen-bond acceptors (Lipinski definition) is 3. The van der Waals surface area contributed by atoms with Crippen molar-refractivity contribution in [2.75, 3.05) is 11.4 Å². The van der Waals surface area contributed by atoms with Crippen LogP contribution < -0.4 is 4.90 Å². The van der Waals surface area contributed by atoms with E-state index in [4.69, 9.17) is 0 Å². The number of carboxylic acid groups (broad SMARTS) is 1. The number of aromatic amines is 1. The molecule has 1 saturated heterocycles. The summed E-state index contributed by atoms with van der Waals surface area (Å²) in [6.07, 6.45) is 2.52. The van der Waals surface area contributed by atoms with Crippen LogP contribution in [0, 0.1) is 12.8 Å². The number of nitrogens with one attached hydrogen (secondary N) is 1. The Morgan fingerprint density at radius 1 is 1.71 bits per heavy atom. The quantitative estimate of drug-likeness (QED) is 0.841. The predicted octanol–water partition coefficient (Wildman–Crippen LogP) is 1.80. The van der Waals surface area contributed by atoms with E-state index < -0.39 is 5.97 Å². The minimum Gasteiger partial charge on any atom is -0.481 e. The fourth-order valence-corrected chi connectivity index (χ4v) is 2.69. The molecule has 2 heterocycles. The number of anilines is 1. The molecule has 2 rings (SSSR count). The van der Waals surface area contributed by atoms with Crippen LogP contribution in [0.1, 0.15) is 31.9 Å². The molecule has 17 heavy (non-hydrogen) atoms. The Hall–Kier alpha value is -1.52. The molecule has 1 aliphatic rings. The summed E-state index contributed by atoms with van der Waals surface area (Å²) in [5.41, 5.74) is 1.01. The Morgan fingerprint density at radius 3 is 3.00 bits per heavy atom. The van der Waals surface area contributed by atoms with Crippen LogP contribution in [0.15, 0.2) is 6.07 Å². The van der Waals surface area contributed by atoms with Crippen molar-refractivity contribution < 1.29 is 9.90 Å². The van der Waals surface area contributed by atoms with Gasteiger partial charge in [0.1, 0.15) is 0 Å². The zero-order valence-electron chi connectivity index (χ0n) is 10.3. The van der Waals surface area contributed by atoms with Gasteiger partial charge in [-0.15, -0.1) is 0 Å². The molecule has 0 amide bonds. The van der Waals surface area contributed by atoms with E-state index in [1.807, 2.05) is 19.9 Å². The van der Waals surface area contributed by atoms with E-state index in [1.165, 1.54) is 0 Å². The standard InChI is InChI=1S/C12H19N3O2/c1-3-10-9(12(16)17)5-4-6-15(10)11-7-8(2)13-14-11/h7,9-10H,3-6H2,1-2H3,(H,13,14)(H,16,17)/t9-,10+/m0/s1. The van der Waals surface area contributed by atoms with Crippen LogP contribution in [0.5, 0.6) is 0 Å². The lowest BCUT2D eigenvalue weighted by Crippen LogP contribution is -2.48. The van der Waals surface area contributed by atoms with E-state index in [2.05, 4.69) is 15.1 Å². The van der Waals surface area contributed by atoms with Crippen LogP contribution in [0.3, 0.4) is 0 Å². The van der Waals surface area contributed by atoms with E-state index in [9.17, 15) is 9.90 Å². The van der Waals surface area contributed by atoms with Gasteiger partial charge in [-0.3, -0.25) is 9.89 Å². The van der Waals surface area contributed by atoms with Crippen molar-refractivity contribution in [1.82, 2.24) is 10.2 Å². The zero-order valence-corrected chi connectivity index (χ0v) is 10.3. The lowest BCUT2D eigenvalue weighted by molar-refractivity contribution is -0.143. The largest absolute Gasteiger partial charge is 0.481 e. The van der Waals surface area contributed by atoms with Gasteiger partial charge in [-0.2, -0.15) is 5.10 Å². The van der Waals surface area contributed by atoms with Crippen LogP contribution in [0.4, 0.5) is 5.82 Å². The molecule has 0 spiro atoms. The van der Waals surface area contributed by atoms with Gasteiger partial charge < -0.3 is 10.0 Å². The molecule has 0 aliphatic carbocycles. The summed E-state index contributed by atoms with van der Waals surface area (Å²) >= 11 is 0. The SMILES string of the molecule is CC[C@@H]1[C@@H](C(=O)O)CCCN1c1cc(C)[nH]n1. The maximum absolute atomic E-state index is 11.3. The molecule has 2 atom stereocenters. The van der Waals surface area contributed by atoms with Crippen molar-refractivity contribution in [1.29, 1.82) is 0 Å². The molecule has 5 nitrogen and oxygen atoms in total. The third-order valence-corrected chi connectivity index (χ3v) is 3.50. The first-order chi connectivity index (χ1) is 8.13. The number of carboxylic acids is 1. The smallest absolute Gasteiger partial charge is 0.308 e. The summed E-state index contributed by atoms with van der Waals surface area (Å²) in [6.45, 7) is 4.89. The van der Waals surface area contributed by atoms with Gasteiger partial charge in [0.2, 0.25) is 0 Å². The highest BCUT2D eigenvalue weighted by molar-refractivity contribution is 5.72. The monoisotopic (exact) mass is 237 g/mol. The van der Waals surface area contributed by atoms with E-state index in [0.29, 0.717) is 0 Å². The molecule has 94 valence electrons. The van der Waals surface area contributed by atoms with Crippen molar-refractivity contribution in [3.8, 4) is 0 Å². The number of aliphatic carboxylic acids is 1. The topological polar surface area (TPSA) is 69.2 Å². The van der Waals surface area contributed by atoms with Gasteiger partial charge in [0.05, 0.1) is 5.92 Å². The van der Waals surface area contributed by atoms with Gasteiger partial charge in [-0.05, 0) is 26.2 Å². The molecule has 0 unspecified atom stereocenters. The molecular formula is C12H19N3O2. The van der Waals surface area contributed by atoms with Crippen LogP contribution in [-0.2, 0) is 4.79 Å². The maximum Gasteiger partial charge on any atom is 0.308 e. The Morgan fingerprint density at radius 2 is 2.47 bits per heavy atom. The first-order valence-corrected chi connectivity index (χ1v) is 6.15. The number of hydrogen-bond donors (Lipinski definition) is 2. The number of aryl methyl sites for hydroxylation is 1. The Labute approximate surface area is 101 Å². The van der Waals surface area contributed by atoms with E-state index >= 15 is 0 Å². The van der Waals surface area contributed by atoms with E-state index in [-0.39, 0.29) is 12.0 Å². The summed E-state index contributed by atoms with van der Waals surface area (Å²) in [6, 6.07) is 2.04. The molecule has 5 heteroatoms. The van der Waals surface area contributed by atoms with Gasteiger partial charge in [0, 0.05) is 24.3 Å². The van der Waals surface area contributed by atoms with Crippen molar-refractivity contribution in [3.05, 3.63) is 11.8 Å². The number of rotatable bonds is 3. The second-order valence-corrected chi connectivity index (χ2v) is 4.67. The third kappa shape index (κ3) is 2.28. The number of carbonyl (C=O) groups is 1. The predicted molar refractivity (Wildman–Crippen MR) is 65.1 cm³/mol. The van der Waals surface area contributed by atoms with E-state index in [0.717, 1.165) is 37.3 Å². The number of H-pyrrole nitrogens is 1. The number of aromatic nitrogens is 2. The second-order valence-electron chi connectivity index (χ2n) is 4.67. The molecule has 1 fully saturated rings. The fourth-order valence-electron chi connectivity index (χ4n) is 2.69. The molecule has 1 aromatic rings. The first kappa shape index (κ1) is 12.0. The summed E-state index contributed by atoms with van der Waals surface area (Å²) in [7, 11) is 0. The Kier molecular flexibility index (Phi) is 3.36. The second kappa shape index (κ2) is 4.77. The minimum absolute atomic E-state index is 0.0592. The van der Waals surface area contributed by atoms with Crippen LogP contribution in [0.2, 0.25) is 0 Å². The van der Waals surface area contributed by atoms with Crippen LogP contribution >= 0.6 is 0 Å². The molecule has 0 saturated carbocycles. The average Bonchev–Trinajstić information content (AvgIpc) is 2.74. The summed E-state index contributed by atoms with van der Waals surface area (Å²) in [5, 5.41) is 16.4. The highest BCUT2D eigenvalue weighted by Crippen LogP contribution is 2.29.